The van der Waals surface area contributed by atoms with Crippen LogP contribution in [0, 0.1) is 0 Å². The summed E-state index contributed by atoms with van der Waals surface area (Å²) in [6, 6.07) is 9.40. The molecule has 0 radical (unpaired) electrons. The Morgan fingerprint density at radius 2 is 2.00 bits per heavy atom. The van der Waals surface area contributed by atoms with Crippen molar-refractivity contribution in [2.75, 3.05) is 19.8 Å². The van der Waals surface area contributed by atoms with Crippen LogP contribution in [-0.4, -0.2) is 42.3 Å². The minimum atomic E-state index is -0.875. The number of hydrogen-bond donors (Lipinski definition) is 3. The maximum atomic E-state index is 11.4. The Morgan fingerprint density at radius 1 is 1.32 bits per heavy atom. The van der Waals surface area contributed by atoms with Crippen LogP contribution in [0.25, 0.3) is 0 Å². The average molecular weight is 270 g/mol. The Morgan fingerprint density at radius 3 is 2.53 bits per heavy atom. The summed E-state index contributed by atoms with van der Waals surface area (Å²) >= 11 is 0. The molecule has 3 N–H and O–H groups in total. The normalized spacial score (nSPS) is 9.95. The van der Waals surface area contributed by atoms with Crippen LogP contribution in [0.4, 0.5) is 4.39 Å². The van der Waals surface area contributed by atoms with Crippen molar-refractivity contribution in [2.24, 2.45) is 5.16 Å². The van der Waals surface area contributed by atoms with Crippen molar-refractivity contribution in [3.63, 3.8) is 0 Å². The lowest BCUT2D eigenvalue weighted by Crippen LogP contribution is -2.23. The van der Waals surface area contributed by atoms with Crippen molar-refractivity contribution in [1.82, 2.24) is 5.32 Å². The third kappa shape index (κ3) is 12.3. The number of aliphatic carboxylic acids is 1. The van der Waals surface area contributed by atoms with Gasteiger partial charge in [0.15, 0.2) is 0 Å². The van der Waals surface area contributed by atoms with Gasteiger partial charge < -0.3 is 15.6 Å². The monoisotopic (exact) mass is 270 g/mol. The van der Waals surface area contributed by atoms with Crippen LogP contribution in [0.15, 0.2) is 35.5 Å². The summed E-state index contributed by atoms with van der Waals surface area (Å²) in [5.74, 6) is -0.875. The molecule has 0 amide bonds. The molecule has 0 saturated heterocycles. The number of oxime groups is 1. The second kappa shape index (κ2) is 12.5. The van der Waals surface area contributed by atoms with Gasteiger partial charge in [-0.15, -0.1) is 0 Å². The highest BCUT2D eigenvalue weighted by Gasteiger charge is 1.93. The molecule has 5 nitrogen and oxygen atoms in total. The van der Waals surface area contributed by atoms with Gasteiger partial charge in [0.25, 0.3) is 0 Å². The molecular weight excluding hydrogens is 251 g/mol. The van der Waals surface area contributed by atoms with Gasteiger partial charge in [-0.1, -0.05) is 35.5 Å². The molecule has 0 fully saturated rings. The summed E-state index contributed by atoms with van der Waals surface area (Å²) < 4.78 is 11.4. The molecule has 0 atom stereocenters. The molecule has 0 heterocycles. The van der Waals surface area contributed by atoms with Gasteiger partial charge in [0.05, 0.1) is 19.4 Å². The van der Waals surface area contributed by atoms with Crippen LogP contribution in [0.2, 0.25) is 0 Å². The summed E-state index contributed by atoms with van der Waals surface area (Å²) in [5.41, 5.74) is 0.903. The molecule has 0 unspecified atom stereocenters. The van der Waals surface area contributed by atoms with Gasteiger partial charge in [-0.25, -0.2) is 0 Å². The van der Waals surface area contributed by atoms with E-state index in [9.17, 15) is 9.18 Å². The molecule has 106 valence electrons. The topological polar surface area (TPSA) is 81.9 Å². The predicted molar refractivity (Wildman–Crippen MR) is 71.5 cm³/mol. The molecule has 1 aromatic rings. The number of carbonyl (C=O) groups is 1. The van der Waals surface area contributed by atoms with Crippen LogP contribution in [0.3, 0.4) is 0 Å². The zero-order valence-electron chi connectivity index (χ0n) is 10.6. The van der Waals surface area contributed by atoms with Crippen molar-refractivity contribution in [3.05, 3.63) is 35.9 Å². The fraction of sp³-hybridized carbons (Fsp3) is 0.385. The van der Waals surface area contributed by atoms with E-state index in [2.05, 4.69) is 10.5 Å². The van der Waals surface area contributed by atoms with Gasteiger partial charge in [0.1, 0.15) is 0 Å². The van der Waals surface area contributed by atoms with Crippen LogP contribution in [0.5, 0.6) is 0 Å². The van der Waals surface area contributed by atoms with E-state index in [4.69, 9.17) is 10.3 Å². The van der Waals surface area contributed by atoms with Crippen molar-refractivity contribution < 1.29 is 19.5 Å². The quantitative estimate of drug-likeness (QED) is 0.306. The van der Waals surface area contributed by atoms with Crippen LogP contribution < -0.4 is 5.32 Å². The molecule has 0 aliphatic rings. The minimum Gasteiger partial charge on any atom is -0.480 e. The molecule has 0 aromatic heterocycles. The molecule has 6 heteroatoms. The van der Waals surface area contributed by atoms with Crippen molar-refractivity contribution in [3.8, 4) is 0 Å². The Bertz CT molecular complexity index is 358. The lowest BCUT2D eigenvalue weighted by molar-refractivity contribution is -0.135. The number of benzene rings is 1. The van der Waals surface area contributed by atoms with E-state index < -0.39 is 5.97 Å². The SMILES string of the molecule is O=C(O)CNCCCCF.ON=Cc1ccccc1. The Balaban J connectivity index is 0.000000342. The number of alkyl halides is 1. The summed E-state index contributed by atoms with van der Waals surface area (Å²) in [7, 11) is 0. The zero-order valence-corrected chi connectivity index (χ0v) is 10.6. The fourth-order valence-electron chi connectivity index (χ4n) is 1.15. The van der Waals surface area contributed by atoms with Gasteiger partial charge >= 0.3 is 5.97 Å². The van der Waals surface area contributed by atoms with Crippen molar-refractivity contribution in [2.45, 2.75) is 12.8 Å². The van der Waals surface area contributed by atoms with E-state index in [1.165, 1.54) is 6.21 Å². The number of carboxylic acids is 1. The number of rotatable bonds is 7. The Labute approximate surface area is 111 Å². The molecule has 1 rings (SSSR count). The number of hydrogen-bond acceptors (Lipinski definition) is 4. The molecule has 19 heavy (non-hydrogen) atoms. The second-order valence-electron chi connectivity index (χ2n) is 3.62. The fourth-order valence-corrected chi connectivity index (χ4v) is 1.15. The van der Waals surface area contributed by atoms with E-state index in [1.807, 2.05) is 30.3 Å². The van der Waals surface area contributed by atoms with Crippen molar-refractivity contribution in [1.29, 1.82) is 0 Å². The molecule has 0 spiro atoms. The number of halogens is 1. The Kier molecular flexibility index (Phi) is 11.2. The summed E-state index contributed by atoms with van der Waals surface area (Å²) in [6.07, 6.45) is 2.59. The van der Waals surface area contributed by atoms with E-state index in [1.54, 1.807) is 0 Å². The highest BCUT2D eigenvalue weighted by atomic mass is 19.1. The van der Waals surface area contributed by atoms with E-state index in [-0.39, 0.29) is 13.2 Å². The van der Waals surface area contributed by atoms with Gasteiger partial charge in [-0.3, -0.25) is 9.18 Å². The number of carboxylic acid groups (broad SMARTS) is 1. The maximum absolute atomic E-state index is 11.4. The highest BCUT2D eigenvalue weighted by Crippen LogP contribution is 1.92. The number of nitrogens with one attached hydrogen (secondary N) is 1. The molecule has 0 bridgehead atoms. The average Bonchev–Trinajstić information content (AvgIpc) is 2.40. The van der Waals surface area contributed by atoms with E-state index in [0.717, 1.165) is 5.56 Å². The molecule has 0 aliphatic carbocycles. The van der Waals surface area contributed by atoms with Gasteiger partial charge in [-0.2, -0.15) is 0 Å². The maximum Gasteiger partial charge on any atom is 0.317 e. The summed E-state index contributed by atoms with van der Waals surface area (Å²) in [6.45, 7) is 0.220. The summed E-state index contributed by atoms with van der Waals surface area (Å²) in [4.78, 5) is 9.90. The first kappa shape index (κ1) is 17.1. The summed E-state index contributed by atoms with van der Waals surface area (Å²) in [5, 5.41) is 21.8. The predicted octanol–water partition coefficient (Wildman–Crippen LogP) is 1.90. The van der Waals surface area contributed by atoms with Crippen molar-refractivity contribution >= 4 is 12.2 Å². The minimum absolute atomic E-state index is 0.0354. The molecule has 0 saturated carbocycles. The standard InChI is InChI=1S/C7H7NO.C6H12FNO2/c9-8-6-7-4-2-1-3-5-7;7-3-1-2-4-8-5-6(9)10/h1-6,9H;8H,1-5H2,(H,9,10). The van der Waals surface area contributed by atoms with Crippen LogP contribution in [-0.2, 0) is 4.79 Å². The third-order valence-corrected chi connectivity index (χ3v) is 2.02. The second-order valence-corrected chi connectivity index (χ2v) is 3.62. The van der Waals surface area contributed by atoms with Gasteiger partial charge in [0, 0.05) is 0 Å². The number of nitrogens with zero attached hydrogens (tertiary/aromatic N) is 1. The van der Waals surface area contributed by atoms with Crippen LogP contribution >= 0.6 is 0 Å². The smallest absolute Gasteiger partial charge is 0.317 e. The third-order valence-electron chi connectivity index (χ3n) is 2.02. The first-order valence-electron chi connectivity index (χ1n) is 5.91. The zero-order chi connectivity index (χ0) is 14.3. The van der Waals surface area contributed by atoms with E-state index in [0.29, 0.717) is 19.4 Å². The first-order chi connectivity index (χ1) is 9.20. The number of unbranched alkanes of at least 4 members (excludes halogenated alkanes) is 1. The van der Waals surface area contributed by atoms with Crippen LogP contribution in [0.1, 0.15) is 18.4 Å². The molecular formula is C13H19FN2O3. The lowest BCUT2D eigenvalue weighted by atomic mass is 10.2. The van der Waals surface area contributed by atoms with Gasteiger partial charge in [-0.05, 0) is 24.9 Å². The van der Waals surface area contributed by atoms with E-state index >= 15 is 0 Å². The molecule has 0 aliphatic heterocycles. The molecule has 1 aromatic carbocycles. The largest absolute Gasteiger partial charge is 0.480 e. The first-order valence-corrected chi connectivity index (χ1v) is 5.91. The highest BCUT2D eigenvalue weighted by molar-refractivity contribution is 5.78. The Hall–Kier alpha value is -1.95. The van der Waals surface area contributed by atoms with Gasteiger partial charge in [0.2, 0.25) is 0 Å². The lowest BCUT2D eigenvalue weighted by Gasteiger charge is -1.97.